The summed E-state index contributed by atoms with van der Waals surface area (Å²) >= 11 is 0. The van der Waals surface area contributed by atoms with Crippen LogP contribution in [0, 0.1) is 23.2 Å². The standard InChI is InChI=1S/C18H23NO/c1-3-13(2)5-4-6-15-10-16-8-7-14(11-19)9-17(16)18(15)12-20/h7-9,12-13,15,18H,3-6,10H2,1-2H3/t13-,15-,18?/m0/s1. The number of nitriles is 1. The van der Waals surface area contributed by atoms with Gasteiger partial charge in [0.25, 0.3) is 0 Å². The molecule has 0 spiro atoms. The van der Waals surface area contributed by atoms with Gasteiger partial charge in [0.1, 0.15) is 6.29 Å². The molecule has 1 unspecified atom stereocenters. The molecule has 0 bridgehead atoms. The maximum Gasteiger partial charge on any atom is 0.127 e. The van der Waals surface area contributed by atoms with Crippen LogP contribution in [0.15, 0.2) is 18.2 Å². The molecule has 0 aromatic heterocycles. The minimum Gasteiger partial charge on any atom is -0.303 e. The molecule has 0 radical (unpaired) electrons. The van der Waals surface area contributed by atoms with Crippen molar-refractivity contribution in [3.05, 3.63) is 34.9 Å². The second-order valence-electron chi connectivity index (χ2n) is 6.10. The van der Waals surface area contributed by atoms with Crippen molar-refractivity contribution in [3.8, 4) is 6.07 Å². The van der Waals surface area contributed by atoms with Crippen molar-refractivity contribution in [2.75, 3.05) is 0 Å². The fourth-order valence-electron chi connectivity index (χ4n) is 3.22. The van der Waals surface area contributed by atoms with Crippen LogP contribution in [0.25, 0.3) is 0 Å². The highest BCUT2D eigenvalue weighted by Gasteiger charge is 2.31. The highest BCUT2D eigenvalue weighted by Crippen LogP contribution is 2.40. The number of fused-ring (bicyclic) bond motifs is 1. The Balaban J connectivity index is 2.04. The summed E-state index contributed by atoms with van der Waals surface area (Å²) in [6.07, 6.45) is 6.87. The van der Waals surface area contributed by atoms with Crippen molar-refractivity contribution < 1.29 is 4.79 Å². The van der Waals surface area contributed by atoms with Crippen LogP contribution in [-0.2, 0) is 11.2 Å². The summed E-state index contributed by atoms with van der Waals surface area (Å²) in [5, 5.41) is 8.99. The summed E-state index contributed by atoms with van der Waals surface area (Å²) in [7, 11) is 0. The smallest absolute Gasteiger partial charge is 0.127 e. The van der Waals surface area contributed by atoms with Crippen molar-refractivity contribution >= 4 is 6.29 Å². The zero-order chi connectivity index (χ0) is 14.5. The van der Waals surface area contributed by atoms with Gasteiger partial charge in [0, 0.05) is 5.92 Å². The lowest BCUT2D eigenvalue weighted by atomic mass is 9.88. The molecule has 0 N–H and O–H groups in total. The molecule has 20 heavy (non-hydrogen) atoms. The van der Waals surface area contributed by atoms with Crippen LogP contribution < -0.4 is 0 Å². The molecule has 0 aliphatic heterocycles. The fraction of sp³-hybridized carbons (Fsp3) is 0.556. The molecular weight excluding hydrogens is 246 g/mol. The molecule has 1 aromatic carbocycles. The van der Waals surface area contributed by atoms with E-state index in [1.165, 1.54) is 24.8 Å². The monoisotopic (exact) mass is 269 g/mol. The maximum absolute atomic E-state index is 11.5. The second-order valence-corrected chi connectivity index (χ2v) is 6.10. The first-order valence-corrected chi connectivity index (χ1v) is 7.67. The SMILES string of the molecule is CC[C@H](C)CCC[C@H]1Cc2ccc(C#N)cc2C1C=O. The number of hydrogen-bond donors (Lipinski definition) is 0. The van der Waals surface area contributed by atoms with E-state index in [1.807, 2.05) is 18.2 Å². The van der Waals surface area contributed by atoms with Gasteiger partial charge >= 0.3 is 0 Å². The summed E-state index contributed by atoms with van der Waals surface area (Å²) in [5.74, 6) is 1.20. The van der Waals surface area contributed by atoms with E-state index in [-0.39, 0.29) is 5.92 Å². The molecule has 0 amide bonds. The minimum absolute atomic E-state index is 0.00441. The topological polar surface area (TPSA) is 40.9 Å². The highest BCUT2D eigenvalue weighted by atomic mass is 16.1. The molecule has 0 saturated carbocycles. The molecule has 2 nitrogen and oxygen atoms in total. The number of aldehydes is 1. The molecule has 0 heterocycles. The van der Waals surface area contributed by atoms with E-state index in [4.69, 9.17) is 5.26 Å². The zero-order valence-electron chi connectivity index (χ0n) is 12.4. The Bertz CT molecular complexity index is 515. The second kappa shape index (κ2) is 6.70. The Morgan fingerprint density at radius 2 is 2.30 bits per heavy atom. The third-order valence-corrected chi connectivity index (χ3v) is 4.74. The van der Waals surface area contributed by atoms with Crippen LogP contribution in [-0.4, -0.2) is 6.29 Å². The maximum atomic E-state index is 11.5. The van der Waals surface area contributed by atoms with Gasteiger partial charge in [0.2, 0.25) is 0 Å². The van der Waals surface area contributed by atoms with Gasteiger partial charge < -0.3 is 4.79 Å². The summed E-state index contributed by atoms with van der Waals surface area (Å²) in [6.45, 7) is 4.52. The van der Waals surface area contributed by atoms with Crippen LogP contribution in [0.2, 0.25) is 0 Å². The lowest BCUT2D eigenvalue weighted by Crippen LogP contribution is -2.09. The third-order valence-electron chi connectivity index (χ3n) is 4.74. The largest absolute Gasteiger partial charge is 0.303 e. The van der Waals surface area contributed by atoms with Crippen LogP contribution in [0.4, 0.5) is 0 Å². The summed E-state index contributed by atoms with van der Waals surface area (Å²) in [6, 6.07) is 7.96. The van der Waals surface area contributed by atoms with Gasteiger partial charge in [-0.3, -0.25) is 0 Å². The Hall–Kier alpha value is -1.62. The first-order valence-electron chi connectivity index (χ1n) is 7.67. The normalized spacial score (nSPS) is 22.1. The van der Waals surface area contributed by atoms with Crippen LogP contribution >= 0.6 is 0 Å². The van der Waals surface area contributed by atoms with Gasteiger partial charge in [0.15, 0.2) is 0 Å². The third kappa shape index (κ3) is 3.10. The number of hydrogen-bond acceptors (Lipinski definition) is 2. The lowest BCUT2D eigenvalue weighted by molar-refractivity contribution is -0.109. The van der Waals surface area contributed by atoms with Crippen molar-refractivity contribution in [3.63, 3.8) is 0 Å². The van der Waals surface area contributed by atoms with Crippen molar-refractivity contribution in [1.82, 2.24) is 0 Å². The molecular formula is C18H23NO. The number of benzene rings is 1. The van der Waals surface area contributed by atoms with Gasteiger partial charge in [-0.05, 0) is 47.9 Å². The van der Waals surface area contributed by atoms with E-state index in [0.717, 1.165) is 30.6 Å². The van der Waals surface area contributed by atoms with Crippen LogP contribution in [0.1, 0.15) is 62.1 Å². The van der Waals surface area contributed by atoms with E-state index in [2.05, 4.69) is 19.9 Å². The summed E-state index contributed by atoms with van der Waals surface area (Å²) in [4.78, 5) is 11.5. The first-order chi connectivity index (χ1) is 9.69. The summed E-state index contributed by atoms with van der Waals surface area (Å²) < 4.78 is 0. The van der Waals surface area contributed by atoms with Crippen LogP contribution in [0.3, 0.4) is 0 Å². The molecule has 1 aliphatic carbocycles. The molecule has 106 valence electrons. The average molecular weight is 269 g/mol. The van der Waals surface area contributed by atoms with Crippen molar-refractivity contribution in [1.29, 1.82) is 5.26 Å². The zero-order valence-corrected chi connectivity index (χ0v) is 12.4. The molecule has 1 aromatic rings. The van der Waals surface area contributed by atoms with Gasteiger partial charge in [-0.15, -0.1) is 0 Å². The van der Waals surface area contributed by atoms with Crippen molar-refractivity contribution in [2.45, 2.75) is 51.9 Å². The van der Waals surface area contributed by atoms with E-state index in [0.29, 0.717) is 11.5 Å². The molecule has 0 saturated heterocycles. The molecule has 1 aliphatic rings. The quantitative estimate of drug-likeness (QED) is 0.725. The minimum atomic E-state index is -0.00441. The number of rotatable bonds is 6. The predicted octanol–water partition coefficient (Wildman–Crippen LogP) is 4.23. The highest BCUT2D eigenvalue weighted by molar-refractivity contribution is 5.66. The van der Waals surface area contributed by atoms with Crippen LogP contribution in [0.5, 0.6) is 0 Å². The average Bonchev–Trinajstić information content (AvgIpc) is 2.83. The Morgan fingerprint density at radius 1 is 1.50 bits per heavy atom. The van der Waals surface area contributed by atoms with E-state index < -0.39 is 0 Å². The van der Waals surface area contributed by atoms with Gasteiger partial charge in [-0.1, -0.05) is 39.2 Å². The molecule has 0 fully saturated rings. The predicted molar refractivity (Wildman–Crippen MR) is 80.5 cm³/mol. The van der Waals surface area contributed by atoms with Gasteiger partial charge in [0.05, 0.1) is 11.6 Å². The van der Waals surface area contributed by atoms with E-state index >= 15 is 0 Å². The molecule has 2 rings (SSSR count). The summed E-state index contributed by atoms with van der Waals surface area (Å²) in [5.41, 5.74) is 3.01. The number of carbonyl (C=O) groups excluding carboxylic acids is 1. The van der Waals surface area contributed by atoms with Gasteiger partial charge in [-0.2, -0.15) is 5.26 Å². The Morgan fingerprint density at radius 3 is 2.95 bits per heavy atom. The van der Waals surface area contributed by atoms with E-state index in [1.54, 1.807) is 0 Å². The fourth-order valence-corrected chi connectivity index (χ4v) is 3.22. The molecule has 2 heteroatoms. The number of carbonyl (C=O) groups is 1. The van der Waals surface area contributed by atoms with E-state index in [9.17, 15) is 4.79 Å². The Labute approximate surface area is 121 Å². The number of nitrogens with zero attached hydrogens (tertiary/aromatic N) is 1. The first kappa shape index (κ1) is 14.8. The lowest BCUT2D eigenvalue weighted by Gasteiger charge is -2.16. The van der Waals surface area contributed by atoms with Gasteiger partial charge in [-0.25, -0.2) is 0 Å². The van der Waals surface area contributed by atoms with Crippen molar-refractivity contribution in [2.24, 2.45) is 11.8 Å². The molecule has 3 atom stereocenters. The Kier molecular flexibility index (Phi) is 4.95.